The lowest BCUT2D eigenvalue weighted by molar-refractivity contribution is -0.122. The van der Waals surface area contributed by atoms with Gasteiger partial charge in [-0.25, -0.2) is 0 Å². The van der Waals surface area contributed by atoms with E-state index in [4.69, 9.17) is 16.3 Å². The third-order valence-electron chi connectivity index (χ3n) is 3.75. The maximum atomic E-state index is 12.1. The molecule has 0 radical (unpaired) electrons. The Hall–Kier alpha value is -1.10. The number of rotatable bonds is 9. The maximum Gasteiger partial charge on any atom is 0.234 e. The van der Waals surface area contributed by atoms with Gasteiger partial charge in [0.25, 0.3) is 0 Å². The van der Waals surface area contributed by atoms with Crippen LogP contribution in [-0.4, -0.2) is 32.7 Å². The highest BCUT2D eigenvalue weighted by molar-refractivity contribution is 6.30. The Morgan fingerprint density at radius 3 is 2.38 bits per heavy atom. The van der Waals surface area contributed by atoms with Gasteiger partial charge in [0.05, 0.1) is 18.7 Å². The van der Waals surface area contributed by atoms with Crippen LogP contribution < -0.4 is 10.6 Å². The first-order valence-corrected chi connectivity index (χ1v) is 7.72. The van der Waals surface area contributed by atoms with Crippen molar-refractivity contribution in [2.24, 2.45) is 0 Å². The first kappa shape index (κ1) is 18.0. The van der Waals surface area contributed by atoms with Crippen molar-refractivity contribution >= 4 is 17.5 Å². The fourth-order valence-corrected chi connectivity index (χ4v) is 2.49. The van der Waals surface area contributed by atoms with Crippen LogP contribution in [-0.2, 0) is 15.1 Å². The number of carbonyl (C=O) groups excluding carboxylic acids is 1. The molecule has 0 aromatic heterocycles. The maximum absolute atomic E-state index is 12.1. The average Bonchev–Trinajstić information content (AvgIpc) is 2.50. The van der Waals surface area contributed by atoms with Crippen molar-refractivity contribution in [1.29, 1.82) is 0 Å². The monoisotopic (exact) mass is 312 g/mol. The first-order valence-electron chi connectivity index (χ1n) is 7.34. The van der Waals surface area contributed by atoms with Crippen molar-refractivity contribution in [2.75, 3.05) is 26.8 Å². The third-order valence-corrected chi connectivity index (χ3v) is 4.00. The second-order valence-corrected chi connectivity index (χ2v) is 5.45. The highest BCUT2D eigenvalue weighted by Crippen LogP contribution is 2.29. The van der Waals surface area contributed by atoms with Gasteiger partial charge in [-0.15, -0.1) is 0 Å². The highest BCUT2D eigenvalue weighted by Gasteiger charge is 2.29. The molecule has 0 atom stereocenters. The Bertz CT molecular complexity index is 430. The number of halogens is 1. The van der Waals surface area contributed by atoms with E-state index in [1.165, 1.54) is 0 Å². The zero-order valence-electron chi connectivity index (χ0n) is 13.0. The molecular weight excluding hydrogens is 288 g/mol. The van der Waals surface area contributed by atoms with Crippen LogP contribution in [0.25, 0.3) is 0 Å². The SMILES string of the molecule is CCC(CC)(NC(=O)CNCCOC)c1ccc(Cl)cc1. The fourth-order valence-electron chi connectivity index (χ4n) is 2.36. The largest absolute Gasteiger partial charge is 0.383 e. The number of hydrogen-bond acceptors (Lipinski definition) is 3. The summed E-state index contributed by atoms with van der Waals surface area (Å²) in [6.45, 7) is 5.71. The molecule has 1 aromatic carbocycles. The van der Waals surface area contributed by atoms with E-state index in [1.807, 2.05) is 24.3 Å². The van der Waals surface area contributed by atoms with E-state index in [1.54, 1.807) is 7.11 Å². The molecule has 1 rings (SSSR count). The zero-order chi connectivity index (χ0) is 15.7. The van der Waals surface area contributed by atoms with Gasteiger partial charge in [-0.3, -0.25) is 4.79 Å². The average molecular weight is 313 g/mol. The van der Waals surface area contributed by atoms with Crippen LogP contribution in [0.5, 0.6) is 0 Å². The normalized spacial score (nSPS) is 11.4. The molecule has 21 heavy (non-hydrogen) atoms. The quantitative estimate of drug-likeness (QED) is 0.689. The van der Waals surface area contributed by atoms with Crippen molar-refractivity contribution < 1.29 is 9.53 Å². The van der Waals surface area contributed by atoms with E-state index in [0.29, 0.717) is 24.7 Å². The topological polar surface area (TPSA) is 50.4 Å². The molecule has 1 amide bonds. The predicted octanol–water partition coefficient (Wildman–Crippen LogP) is 2.71. The van der Waals surface area contributed by atoms with Crippen LogP contribution in [0.3, 0.4) is 0 Å². The number of hydrogen-bond donors (Lipinski definition) is 2. The summed E-state index contributed by atoms with van der Waals surface area (Å²) in [6, 6.07) is 7.68. The van der Waals surface area contributed by atoms with E-state index in [2.05, 4.69) is 24.5 Å². The lowest BCUT2D eigenvalue weighted by Gasteiger charge is -2.33. The van der Waals surface area contributed by atoms with Gasteiger partial charge in [-0.2, -0.15) is 0 Å². The lowest BCUT2D eigenvalue weighted by atomic mass is 9.84. The molecular formula is C16H25ClN2O2. The van der Waals surface area contributed by atoms with Crippen molar-refractivity contribution in [3.63, 3.8) is 0 Å². The van der Waals surface area contributed by atoms with Gasteiger partial charge in [0.1, 0.15) is 0 Å². The molecule has 2 N–H and O–H groups in total. The van der Waals surface area contributed by atoms with Gasteiger partial charge in [0.15, 0.2) is 0 Å². The second-order valence-electron chi connectivity index (χ2n) is 5.01. The Labute approximate surface area is 132 Å². The molecule has 0 saturated heterocycles. The number of carbonyl (C=O) groups is 1. The molecule has 0 fully saturated rings. The Balaban J connectivity index is 2.71. The molecule has 1 aromatic rings. The predicted molar refractivity (Wildman–Crippen MR) is 86.6 cm³/mol. The summed E-state index contributed by atoms with van der Waals surface area (Å²) in [5.74, 6) is -0.00949. The first-order chi connectivity index (χ1) is 10.1. The number of methoxy groups -OCH3 is 1. The highest BCUT2D eigenvalue weighted by atomic mass is 35.5. The number of amides is 1. The van der Waals surface area contributed by atoms with Crippen LogP contribution in [0.4, 0.5) is 0 Å². The standard InChI is InChI=1S/C16H25ClN2O2/c1-4-16(5-2,13-6-8-14(17)9-7-13)19-15(20)12-18-10-11-21-3/h6-9,18H,4-5,10-12H2,1-3H3,(H,19,20). The van der Waals surface area contributed by atoms with Crippen molar-refractivity contribution in [3.05, 3.63) is 34.9 Å². The van der Waals surface area contributed by atoms with Gasteiger partial charge in [-0.05, 0) is 30.5 Å². The second kappa shape index (κ2) is 9.03. The molecule has 0 spiro atoms. The summed E-state index contributed by atoms with van der Waals surface area (Å²) in [5.41, 5.74) is 0.743. The van der Waals surface area contributed by atoms with E-state index >= 15 is 0 Å². The minimum Gasteiger partial charge on any atom is -0.383 e. The molecule has 5 heteroatoms. The molecule has 0 aliphatic carbocycles. The molecule has 0 bridgehead atoms. The van der Waals surface area contributed by atoms with Crippen molar-refractivity contribution in [3.8, 4) is 0 Å². The molecule has 4 nitrogen and oxygen atoms in total. The molecule has 0 saturated carbocycles. The van der Waals surface area contributed by atoms with E-state index in [-0.39, 0.29) is 11.4 Å². The summed E-state index contributed by atoms with van der Waals surface area (Å²) >= 11 is 5.94. The number of ether oxygens (including phenoxy) is 1. The van der Waals surface area contributed by atoms with E-state index in [0.717, 1.165) is 18.4 Å². The Morgan fingerprint density at radius 1 is 1.24 bits per heavy atom. The molecule has 0 aliphatic rings. The third kappa shape index (κ3) is 5.30. The lowest BCUT2D eigenvalue weighted by Crippen LogP contribution is -2.48. The van der Waals surface area contributed by atoms with Gasteiger partial charge >= 0.3 is 0 Å². The molecule has 118 valence electrons. The summed E-state index contributed by atoms with van der Waals surface area (Å²) in [6.07, 6.45) is 1.66. The molecule has 0 aliphatic heterocycles. The van der Waals surface area contributed by atoms with Gasteiger partial charge in [0, 0.05) is 18.7 Å². The summed E-state index contributed by atoms with van der Waals surface area (Å²) in [7, 11) is 1.64. The van der Waals surface area contributed by atoms with Gasteiger partial charge in [-0.1, -0.05) is 37.6 Å². The van der Waals surface area contributed by atoms with Crippen LogP contribution >= 0.6 is 11.6 Å². The van der Waals surface area contributed by atoms with Crippen LogP contribution in [0.1, 0.15) is 32.3 Å². The van der Waals surface area contributed by atoms with Crippen LogP contribution in [0.2, 0.25) is 5.02 Å². The van der Waals surface area contributed by atoms with Gasteiger partial charge in [0.2, 0.25) is 5.91 Å². The summed E-state index contributed by atoms with van der Waals surface area (Å²) < 4.78 is 4.94. The summed E-state index contributed by atoms with van der Waals surface area (Å²) in [5, 5.41) is 6.92. The number of nitrogens with one attached hydrogen (secondary N) is 2. The Kier molecular flexibility index (Phi) is 7.72. The fraction of sp³-hybridized carbons (Fsp3) is 0.562. The molecule has 0 unspecified atom stereocenters. The molecule has 0 heterocycles. The van der Waals surface area contributed by atoms with E-state index in [9.17, 15) is 4.79 Å². The van der Waals surface area contributed by atoms with Crippen LogP contribution in [0.15, 0.2) is 24.3 Å². The van der Waals surface area contributed by atoms with E-state index < -0.39 is 0 Å². The minimum atomic E-state index is -0.343. The van der Waals surface area contributed by atoms with Crippen molar-refractivity contribution in [1.82, 2.24) is 10.6 Å². The minimum absolute atomic E-state index is 0.00949. The van der Waals surface area contributed by atoms with Crippen molar-refractivity contribution in [2.45, 2.75) is 32.2 Å². The van der Waals surface area contributed by atoms with Crippen LogP contribution in [0, 0.1) is 0 Å². The Morgan fingerprint density at radius 2 is 1.86 bits per heavy atom. The van der Waals surface area contributed by atoms with Gasteiger partial charge < -0.3 is 15.4 Å². The zero-order valence-corrected chi connectivity index (χ0v) is 13.8. The number of benzene rings is 1. The summed E-state index contributed by atoms with van der Waals surface area (Å²) in [4.78, 5) is 12.1. The smallest absolute Gasteiger partial charge is 0.234 e.